The van der Waals surface area contributed by atoms with Crippen LogP contribution in [-0.2, 0) is 6.54 Å². The highest BCUT2D eigenvalue weighted by Crippen LogP contribution is 2.12. The first kappa shape index (κ1) is 9.51. The molecule has 1 aromatic heterocycles. The van der Waals surface area contributed by atoms with Crippen LogP contribution < -0.4 is 14.5 Å². The molecule has 0 fully saturated rings. The number of methoxy groups -OCH3 is 1. The predicted octanol–water partition coefficient (Wildman–Crippen LogP) is 0.0926. The van der Waals surface area contributed by atoms with E-state index in [-0.39, 0.29) is 0 Å². The Bertz CT molecular complexity index is 453. The Hall–Kier alpha value is -2.04. The van der Waals surface area contributed by atoms with Crippen molar-refractivity contribution in [1.82, 2.24) is 5.27 Å². The van der Waals surface area contributed by atoms with Crippen LogP contribution in [0.15, 0.2) is 35.0 Å². The largest absolute Gasteiger partial charge is 0.539 e. The summed E-state index contributed by atoms with van der Waals surface area (Å²) in [5.41, 5.74) is 0.993. The van der Waals surface area contributed by atoms with E-state index in [9.17, 15) is 5.11 Å². The summed E-state index contributed by atoms with van der Waals surface area (Å²) in [6, 6.07) is 7.55. The van der Waals surface area contributed by atoms with E-state index in [0.29, 0.717) is 6.54 Å². The Morgan fingerprint density at radius 1 is 1.53 bits per heavy atom. The zero-order valence-corrected chi connectivity index (χ0v) is 8.21. The third-order valence-electron chi connectivity index (χ3n) is 1.97. The first-order chi connectivity index (χ1) is 7.28. The van der Waals surface area contributed by atoms with E-state index in [2.05, 4.69) is 9.79 Å². The van der Waals surface area contributed by atoms with E-state index in [1.54, 1.807) is 7.11 Å². The summed E-state index contributed by atoms with van der Waals surface area (Å²) in [5.74, 6) is 0.330. The van der Waals surface area contributed by atoms with Crippen molar-refractivity contribution in [3.05, 3.63) is 36.0 Å². The minimum Gasteiger partial charge on any atom is -0.539 e. The molecule has 0 aliphatic carbocycles. The molecule has 0 saturated carbocycles. The van der Waals surface area contributed by atoms with Crippen LogP contribution in [0.3, 0.4) is 0 Å². The lowest BCUT2D eigenvalue weighted by Gasteiger charge is -1.99. The lowest BCUT2D eigenvalue weighted by molar-refractivity contribution is -0.754. The molecular formula is C10H10N2O3. The third kappa shape index (κ3) is 2.25. The predicted molar refractivity (Wildman–Crippen MR) is 48.2 cm³/mol. The van der Waals surface area contributed by atoms with Crippen molar-refractivity contribution in [2.45, 2.75) is 6.54 Å². The van der Waals surface area contributed by atoms with Gasteiger partial charge in [-0.15, -0.1) is 0 Å². The first-order valence-electron chi connectivity index (χ1n) is 4.44. The summed E-state index contributed by atoms with van der Waals surface area (Å²) in [6.07, 6.45) is 1.31. The van der Waals surface area contributed by atoms with Crippen molar-refractivity contribution >= 4 is 0 Å². The van der Waals surface area contributed by atoms with E-state index < -0.39 is 5.95 Å². The molecule has 78 valence electrons. The Morgan fingerprint density at radius 2 is 2.40 bits per heavy atom. The van der Waals surface area contributed by atoms with Gasteiger partial charge in [0.1, 0.15) is 11.7 Å². The summed E-state index contributed by atoms with van der Waals surface area (Å²) in [6.45, 7) is 0.489. The molecule has 5 heteroatoms. The molecule has 2 aromatic rings. The van der Waals surface area contributed by atoms with Gasteiger partial charge in [0.25, 0.3) is 0 Å². The molecule has 0 aliphatic rings. The zero-order chi connectivity index (χ0) is 10.7. The van der Waals surface area contributed by atoms with Crippen LogP contribution >= 0.6 is 0 Å². The minimum absolute atomic E-state index is 0.446. The summed E-state index contributed by atoms with van der Waals surface area (Å²) in [5, 5.41) is 14.3. The van der Waals surface area contributed by atoms with Gasteiger partial charge in [-0.1, -0.05) is 16.8 Å². The summed E-state index contributed by atoms with van der Waals surface area (Å²) >= 11 is 0. The molecule has 0 saturated heterocycles. The Morgan fingerprint density at radius 3 is 3.07 bits per heavy atom. The third-order valence-corrected chi connectivity index (χ3v) is 1.97. The monoisotopic (exact) mass is 206 g/mol. The topological polar surface area (TPSA) is 62.2 Å². The smallest absolute Gasteiger partial charge is 0.221 e. The highest BCUT2D eigenvalue weighted by atomic mass is 16.6. The quantitative estimate of drug-likeness (QED) is 0.668. The van der Waals surface area contributed by atoms with Crippen LogP contribution in [0, 0.1) is 0 Å². The van der Waals surface area contributed by atoms with Crippen molar-refractivity contribution in [3.63, 3.8) is 0 Å². The van der Waals surface area contributed by atoms with Crippen molar-refractivity contribution in [1.29, 1.82) is 0 Å². The summed E-state index contributed by atoms with van der Waals surface area (Å²) < 4.78 is 10.9. The Labute approximate surface area is 86.5 Å². The number of hydrogen-bond acceptors (Lipinski definition) is 4. The SMILES string of the molecule is COc1cccc(C[n+]2cc([O-])on2)c1. The normalized spacial score (nSPS) is 10.2. The fourth-order valence-electron chi connectivity index (χ4n) is 1.29. The molecule has 0 amide bonds. The first-order valence-corrected chi connectivity index (χ1v) is 4.44. The van der Waals surface area contributed by atoms with Gasteiger partial charge in [-0.2, -0.15) is 0 Å². The maximum Gasteiger partial charge on any atom is 0.221 e. The summed E-state index contributed by atoms with van der Waals surface area (Å²) in [4.78, 5) is 0. The fourth-order valence-corrected chi connectivity index (χ4v) is 1.29. The summed E-state index contributed by atoms with van der Waals surface area (Å²) in [7, 11) is 1.61. The van der Waals surface area contributed by atoms with Gasteiger partial charge in [-0.3, -0.25) is 0 Å². The second-order valence-electron chi connectivity index (χ2n) is 3.07. The van der Waals surface area contributed by atoms with Gasteiger partial charge in [-0.05, 0) is 12.1 Å². The number of nitrogens with zero attached hydrogens (tertiary/aromatic N) is 2. The molecular weight excluding hydrogens is 196 g/mol. The number of aromatic nitrogens is 2. The number of rotatable bonds is 3. The van der Waals surface area contributed by atoms with Crippen LogP contribution in [-0.4, -0.2) is 12.4 Å². The molecule has 0 bridgehead atoms. The van der Waals surface area contributed by atoms with Gasteiger partial charge in [0, 0.05) is 5.56 Å². The van der Waals surface area contributed by atoms with Crippen LogP contribution in [0.5, 0.6) is 11.7 Å². The fraction of sp³-hybridized carbons (Fsp3) is 0.200. The highest BCUT2D eigenvalue weighted by molar-refractivity contribution is 5.27. The van der Waals surface area contributed by atoms with E-state index >= 15 is 0 Å². The molecule has 0 spiro atoms. The minimum atomic E-state index is -0.446. The average Bonchev–Trinajstić information content (AvgIpc) is 2.64. The van der Waals surface area contributed by atoms with Crippen molar-refractivity contribution < 1.29 is 19.0 Å². The standard InChI is InChI=1S/C10H10N2O3/c1-14-9-4-2-3-8(5-9)6-12-7-10(13)15-11-12/h2-5,7H,6H2,1H3. The van der Waals surface area contributed by atoms with Crippen LogP contribution in [0.25, 0.3) is 0 Å². The lowest BCUT2D eigenvalue weighted by Crippen LogP contribution is -2.35. The maximum atomic E-state index is 10.7. The molecule has 2 rings (SSSR count). The maximum absolute atomic E-state index is 10.7. The number of ether oxygens (including phenoxy) is 1. The van der Waals surface area contributed by atoms with E-state index in [1.807, 2.05) is 24.3 Å². The van der Waals surface area contributed by atoms with Crippen molar-refractivity contribution in [2.24, 2.45) is 0 Å². The van der Waals surface area contributed by atoms with Gasteiger partial charge in [0.2, 0.25) is 12.7 Å². The molecule has 0 unspecified atom stereocenters. The van der Waals surface area contributed by atoms with Gasteiger partial charge >= 0.3 is 0 Å². The van der Waals surface area contributed by atoms with E-state index in [4.69, 9.17) is 4.74 Å². The van der Waals surface area contributed by atoms with Gasteiger partial charge in [-0.25, -0.2) is 0 Å². The zero-order valence-electron chi connectivity index (χ0n) is 8.21. The van der Waals surface area contributed by atoms with Crippen molar-refractivity contribution in [3.8, 4) is 11.7 Å². The van der Waals surface area contributed by atoms with Crippen LogP contribution in [0.4, 0.5) is 0 Å². The Balaban J connectivity index is 2.16. The Kier molecular flexibility index (Phi) is 2.53. The van der Waals surface area contributed by atoms with E-state index in [1.165, 1.54) is 10.9 Å². The average molecular weight is 206 g/mol. The highest BCUT2D eigenvalue weighted by Gasteiger charge is 2.06. The number of hydrogen-bond donors (Lipinski definition) is 0. The lowest BCUT2D eigenvalue weighted by atomic mass is 10.2. The second-order valence-corrected chi connectivity index (χ2v) is 3.07. The van der Waals surface area contributed by atoms with Crippen molar-refractivity contribution in [2.75, 3.05) is 7.11 Å². The van der Waals surface area contributed by atoms with Crippen LogP contribution in [0.2, 0.25) is 0 Å². The molecule has 0 aliphatic heterocycles. The molecule has 0 N–H and O–H groups in total. The molecule has 1 heterocycles. The second kappa shape index (κ2) is 4.00. The molecule has 15 heavy (non-hydrogen) atoms. The molecule has 5 nitrogen and oxygen atoms in total. The molecule has 1 aromatic carbocycles. The number of benzene rings is 1. The van der Waals surface area contributed by atoms with Crippen LogP contribution in [0.1, 0.15) is 5.56 Å². The van der Waals surface area contributed by atoms with Gasteiger partial charge < -0.3 is 14.4 Å². The van der Waals surface area contributed by atoms with Gasteiger partial charge in [0.05, 0.1) is 12.4 Å². The molecule has 0 atom stereocenters. The molecule has 0 radical (unpaired) electrons. The van der Waals surface area contributed by atoms with Gasteiger partial charge in [0.15, 0.2) is 0 Å². The van der Waals surface area contributed by atoms with E-state index in [0.717, 1.165) is 11.3 Å².